The average molecular weight is 219 g/mol. The Morgan fingerprint density at radius 2 is 2.31 bits per heavy atom. The molecule has 1 rings (SSSR count). The number of nitrogens with zero attached hydrogens (tertiary/aromatic N) is 2. The Morgan fingerprint density at radius 3 is 2.92 bits per heavy atom. The summed E-state index contributed by atoms with van der Waals surface area (Å²) >= 11 is 7.28. The number of hydrogen-bond donors (Lipinski definition) is 0. The van der Waals surface area contributed by atoms with Crippen LogP contribution in [0.4, 0.5) is 5.13 Å². The van der Waals surface area contributed by atoms with Crippen molar-refractivity contribution < 1.29 is 0 Å². The minimum Gasteiger partial charge on any atom is -0.351 e. The van der Waals surface area contributed by atoms with Crippen LogP contribution >= 0.6 is 22.9 Å². The third-order valence-electron chi connectivity index (χ3n) is 1.87. The highest BCUT2D eigenvalue weighted by molar-refractivity contribution is 7.13. The maximum atomic E-state index is 5.59. The summed E-state index contributed by atoms with van der Waals surface area (Å²) < 4.78 is 0. The summed E-state index contributed by atoms with van der Waals surface area (Å²) in [6, 6.07) is 0. The van der Waals surface area contributed by atoms with Crippen molar-refractivity contribution in [1.82, 2.24) is 4.98 Å². The van der Waals surface area contributed by atoms with Crippen molar-refractivity contribution in [2.75, 3.05) is 24.4 Å². The molecule has 0 saturated carbocycles. The lowest BCUT2D eigenvalue weighted by Gasteiger charge is -2.14. The predicted octanol–water partition coefficient (Wildman–Crippen LogP) is 2.99. The molecule has 74 valence electrons. The van der Waals surface area contributed by atoms with Gasteiger partial charge in [0.2, 0.25) is 0 Å². The second-order valence-electron chi connectivity index (χ2n) is 2.99. The molecule has 2 nitrogen and oxygen atoms in total. The Hall–Kier alpha value is -0.280. The Labute approximate surface area is 88.5 Å². The lowest BCUT2D eigenvalue weighted by molar-refractivity contribution is 0.707. The monoisotopic (exact) mass is 218 g/mol. The lowest BCUT2D eigenvalue weighted by Crippen LogP contribution is -2.17. The summed E-state index contributed by atoms with van der Waals surface area (Å²) in [5, 5.41) is 3.11. The smallest absolute Gasteiger partial charge is 0.184 e. The molecular weight excluding hydrogens is 204 g/mol. The van der Waals surface area contributed by atoms with Gasteiger partial charge in [-0.3, -0.25) is 0 Å². The molecule has 0 spiro atoms. The summed E-state index contributed by atoms with van der Waals surface area (Å²) in [5.74, 6) is 0.779. The van der Waals surface area contributed by atoms with Crippen LogP contribution in [0.3, 0.4) is 0 Å². The molecular formula is C9H15ClN2S. The zero-order valence-electron chi connectivity index (χ0n) is 7.87. The van der Waals surface area contributed by atoms with E-state index in [0.717, 1.165) is 24.0 Å². The summed E-state index contributed by atoms with van der Waals surface area (Å²) in [6.07, 6.45) is 5.37. The third kappa shape index (κ3) is 3.96. The van der Waals surface area contributed by atoms with Gasteiger partial charge in [-0.25, -0.2) is 4.98 Å². The zero-order valence-corrected chi connectivity index (χ0v) is 9.44. The van der Waals surface area contributed by atoms with Crippen molar-refractivity contribution in [3.8, 4) is 0 Å². The number of rotatable bonds is 6. The molecule has 13 heavy (non-hydrogen) atoms. The van der Waals surface area contributed by atoms with Crippen LogP contribution in [0.25, 0.3) is 0 Å². The second-order valence-corrected chi connectivity index (χ2v) is 4.24. The molecule has 0 saturated heterocycles. The second kappa shape index (κ2) is 6.22. The Morgan fingerprint density at radius 1 is 1.46 bits per heavy atom. The van der Waals surface area contributed by atoms with E-state index >= 15 is 0 Å². The first-order valence-corrected chi connectivity index (χ1v) is 5.92. The lowest BCUT2D eigenvalue weighted by atomic mass is 10.2. The quantitative estimate of drug-likeness (QED) is 0.539. The minimum atomic E-state index is 0.779. The first-order valence-electron chi connectivity index (χ1n) is 4.51. The number of aromatic nitrogens is 1. The highest BCUT2D eigenvalue weighted by atomic mass is 35.5. The largest absolute Gasteiger partial charge is 0.351 e. The normalized spacial score (nSPS) is 10.3. The predicted molar refractivity (Wildman–Crippen MR) is 60.0 cm³/mol. The molecule has 0 aromatic carbocycles. The number of thiazole rings is 1. The third-order valence-corrected chi connectivity index (χ3v) is 3.03. The highest BCUT2D eigenvalue weighted by Gasteiger charge is 2.01. The fraction of sp³-hybridized carbons (Fsp3) is 0.667. The van der Waals surface area contributed by atoms with E-state index in [4.69, 9.17) is 11.6 Å². The summed E-state index contributed by atoms with van der Waals surface area (Å²) in [7, 11) is 2.08. The van der Waals surface area contributed by atoms with Gasteiger partial charge in [0.05, 0.1) is 0 Å². The van der Waals surface area contributed by atoms with Gasteiger partial charge >= 0.3 is 0 Å². The van der Waals surface area contributed by atoms with Gasteiger partial charge in [-0.05, 0) is 12.8 Å². The molecule has 0 aliphatic heterocycles. The van der Waals surface area contributed by atoms with Gasteiger partial charge in [0.25, 0.3) is 0 Å². The Kier molecular flexibility index (Phi) is 5.16. The van der Waals surface area contributed by atoms with Crippen molar-refractivity contribution in [2.24, 2.45) is 0 Å². The number of halogens is 1. The van der Waals surface area contributed by atoms with E-state index in [0.29, 0.717) is 0 Å². The molecule has 0 radical (unpaired) electrons. The molecule has 0 aliphatic rings. The molecule has 0 bridgehead atoms. The fourth-order valence-electron chi connectivity index (χ4n) is 1.12. The van der Waals surface area contributed by atoms with E-state index in [9.17, 15) is 0 Å². The van der Waals surface area contributed by atoms with Crippen molar-refractivity contribution in [1.29, 1.82) is 0 Å². The maximum absolute atomic E-state index is 5.59. The first kappa shape index (κ1) is 10.8. The van der Waals surface area contributed by atoms with Crippen LogP contribution < -0.4 is 4.90 Å². The van der Waals surface area contributed by atoms with Gasteiger partial charge in [-0.2, -0.15) is 0 Å². The van der Waals surface area contributed by atoms with E-state index in [2.05, 4.69) is 16.9 Å². The van der Waals surface area contributed by atoms with Crippen LogP contribution in [0.15, 0.2) is 11.6 Å². The highest BCUT2D eigenvalue weighted by Crippen LogP contribution is 2.15. The molecule has 0 aliphatic carbocycles. The molecule has 0 atom stereocenters. The number of unbranched alkanes of at least 4 members (excludes halogenated alkanes) is 2. The van der Waals surface area contributed by atoms with E-state index in [1.807, 2.05) is 11.6 Å². The molecule has 0 N–H and O–H groups in total. The van der Waals surface area contributed by atoms with E-state index in [1.165, 1.54) is 12.8 Å². The summed E-state index contributed by atoms with van der Waals surface area (Å²) in [6.45, 7) is 1.07. The van der Waals surface area contributed by atoms with Crippen molar-refractivity contribution >= 4 is 28.1 Å². The van der Waals surface area contributed by atoms with Crippen LogP contribution in [0.5, 0.6) is 0 Å². The van der Waals surface area contributed by atoms with Gasteiger partial charge in [0.15, 0.2) is 5.13 Å². The Balaban J connectivity index is 2.15. The SMILES string of the molecule is CN(CCCCCCl)c1nccs1. The molecule has 1 aromatic heterocycles. The van der Waals surface area contributed by atoms with Gasteiger partial charge in [0.1, 0.15) is 0 Å². The van der Waals surface area contributed by atoms with Crippen molar-refractivity contribution in [2.45, 2.75) is 19.3 Å². The van der Waals surface area contributed by atoms with Crippen LogP contribution in [0.2, 0.25) is 0 Å². The van der Waals surface area contributed by atoms with Crippen LogP contribution in [-0.4, -0.2) is 24.5 Å². The van der Waals surface area contributed by atoms with Crippen LogP contribution in [0.1, 0.15) is 19.3 Å². The molecule has 0 fully saturated rings. The summed E-state index contributed by atoms with van der Waals surface area (Å²) in [5.41, 5.74) is 0. The van der Waals surface area contributed by atoms with Gasteiger partial charge in [-0.1, -0.05) is 6.42 Å². The topological polar surface area (TPSA) is 16.1 Å². The molecule has 0 amide bonds. The number of alkyl halides is 1. The van der Waals surface area contributed by atoms with Crippen molar-refractivity contribution in [3.05, 3.63) is 11.6 Å². The molecule has 1 heterocycles. The molecule has 0 unspecified atom stereocenters. The van der Waals surface area contributed by atoms with Gasteiger partial charge in [-0.15, -0.1) is 22.9 Å². The molecule has 1 aromatic rings. The minimum absolute atomic E-state index is 0.779. The van der Waals surface area contributed by atoms with Crippen LogP contribution in [-0.2, 0) is 0 Å². The first-order chi connectivity index (χ1) is 6.34. The number of anilines is 1. The van der Waals surface area contributed by atoms with Crippen LogP contribution in [0, 0.1) is 0 Å². The fourth-order valence-corrected chi connectivity index (χ4v) is 1.95. The summed E-state index contributed by atoms with van der Waals surface area (Å²) in [4.78, 5) is 6.43. The van der Waals surface area contributed by atoms with E-state index in [1.54, 1.807) is 11.3 Å². The van der Waals surface area contributed by atoms with Crippen molar-refractivity contribution in [3.63, 3.8) is 0 Å². The number of hydrogen-bond acceptors (Lipinski definition) is 3. The molecule has 4 heteroatoms. The van der Waals surface area contributed by atoms with Gasteiger partial charge < -0.3 is 4.90 Å². The zero-order chi connectivity index (χ0) is 9.52. The Bertz CT molecular complexity index is 213. The maximum Gasteiger partial charge on any atom is 0.184 e. The van der Waals surface area contributed by atoms with Gasteiger partial charge in [0, 0.05) is 31.0 Å². The van der Waals surface area contributed by atoms with E-state index < -0.39 is 0 Å². The standard InChI is InChI=1S/C9H15ClN2S/c1-12(7-4-2-3-5-10)9-11-6-8-13-9/h6,8H,2-5,7H2,1H3. The average Bonchev–Trinajstić information content (AvgIpc) is 2.65. The van der Waals surface area contributed by atoms with E-state index in [-0.39, 0.29) is 0 Å².